The topological polar surface area (TPSA) is 27.1 Å². The van der Waals surface area contributed by atoms with Gasteiger partial charge in [-0.15, -0.1) is 0 Å². The zero-order valence-electron chi connectivity index (χ0n) is 9.01. The molecule has 0 atom stereocenters. The van der Waals surface area contributed by atoms with Crippen LogP contribution in [0.3, 0.4) is 0 Å². The molecule has 1 aromatic rings. The van der Waals surface area contributed by atoms with Gasteiger partial charge in [-0.2, -0.15) is 5.10 Å². The quantitative estimate of drug-likeness (QED) is 0.779. The van der Waals surface area contributed by atoms with Gasteiger partial charge in [-0.05, 0) is 43.4 Å². The summed E-state index contributed by atoms with van der Waals surface area (Å²) in [5.74, 6) is 0.387. The van der Waals surface area contributed by atoms with Crippen LogP contribution in [0.15, 0.2) is 0 Å². The van der Waals surface area contributed by atoms with Gasteiger partial charge in [-0.1, -0.05) is 0 Å². The average molecular weight is 330 g/mol. The van der Waals surface area contributed by atoms with Crippen molar-refractivity contribution in [1.29, 1.82) is 0 Å². The van der Waals surface area contributed by atoms with Crippen LogP contribution in [0.5, 0.6) is 5.88 Å². The van der Waals surface area contributed by atoms with Gasteiger partial charge in [-0.25, -0.2) is 13.5 Å². The number of alkyl halides is 2. The Morgan fingerprint density at radius 2 is 1.93 bits per heavy atom. The molecular formula is C9H13F2IN2O. The lowest BCUT2D eigenvalue weighted by molar-refractivity contribution is 0.142. The van der Waals surface area contributed by atoms with Gasteiger partial charge in [0, 0.05) is 0 Å². The number of halogens is 3. The van der Waals surface area contributed by atoms with Crippen LogP contribution in [-0.4, -0.2) is 16.9 Å². The van der Waals surface area contributed by atoms with Crippen molar-refractivity contribution in [2.75, 3.05) is 7.11 Å². The lowest BCUT2D eigenvalue weighted by Crippen LogP contribution is -2.24. The number of hydrogen-bond donors (Lipinski definition) is 0. The summed E-state index contributed by atoms with van der Waals surface area (Å²) < 4.78 is 32.2. The number of rotatable bonds is 2. The van der Waals surface area contributed by atoms with E-state index >= 15 is 0 Å². The van der Waals surface area contributed by atoms with Crippen molar-refractivity contribution < 1.29 is 13.5 Å². The van der Waals surface area contributed by atoms with E-state index in [0.717, 1.165) is 0 Å². The fraction of sp³-hybridized carbons (Fsp3) is 0.667. The van der Waals surface area contributed by atoms with Crippen molar-refractivity contribution in [1.82, 2.24) is 9.78 Å². The Hall–Kier alpha value is -0.400. The molecule has 0 amide bonds. The van der Waals surface area contributed by atoms with E-state index in [-0.39, 0.29) is 11.2 Å². The van der Waals surface area contributed by atoms with Crippen molar-refractivity contribution in [2.45, 2.75) is 32.7 Å². The Labute approximate surface area is 101 Å². The average Bonchev–Trinajstić information content (AvgIpc) is 2.41. The van der Waals surface area contributed by atoms with Crippen LogP contribution in [0, 0.1) is 3.57 Å². The maximum atomic E-state index is 12.6. The van der Waals surface area contributed by atoms with Gasteiger partial charge in [0.25, 0.3) is 6.43 Å². The third-order valence-electron chi connectivity index (χ3n) is 1.85. The fourth-order valence-electron chi connectivity index (χ4n) is 1.17. The van der Waals surface area contributed by atoms with E-state index in [0.29, 0.717) is 9.45 Å². The van der Waals surface area contributed by atoms with Gasteiger partial charge < -0.3 is 4.74 Å². The number of methoxy groups -OCH3 is 1. The minimum absolute atomic E-state index is 0.220. The summed E-state index contributed by atoms with van der Waals surface area (Å²) in [5, 5.41) is 3.89. The van der Waals surface area contributed by atoms with Gasteiger partial charge in [-0.3, -0.25) is 0 Å². The van der Waals surface area contributed by atoms with Crippen LogP contribution in [0.25, 0.3) is 0 Å². The molecular weight excluding hydrogens is 317 g/mol. The minimum Gasteiger partial charge on any atom is -0.480 e. The van der Waals surface area contributed by atoms with Crippen LogP contribution >= 0.6 is 22.6 Å². The second-order valence-corrected chi connectivity index (χ2v) is 5.17. The number of nitrogens with zero attached hydrogens (tertiary/aromatic N) is 2. The Balaban J connectivity index is 3.35. The van der Waals surface area contributed by atoms with Gasteiger partial charge in [0.15, 0.2) is 0 Å². The highest BCUT2D eigenvalue weighted by Crippen LogP contribution is 2.34. The SMILES string of the molecule is COc1c(I)c(C(F)F)nn1C(C)(C)C. The molecule has 0 saturated heterocycles. The predicted octanol–water partition coefficient (Wildman–Crippen LogP) is 3.19. The molecule has 0 fully saturated rings. The summed E-state index contributed by atoms with van der Waals surface area (Å²) in [7, 11) is 1.46. The molecule has 3 nitrogen and oxygen atoms in total. The Morgan fingerprint density at radius 3 is 2.20 bits per heavy atom. The van der Waals surface area contributed by atoms with Gasteiger partial charge in [0.2, 0.25) is 5.88 Å². The smallest absolute Gasteiger partial charge is 0.283 e. The summed E-state index contributed by atoms with van der Waals surface area (Å²) in [6.45, 7) is 5.65. The fourth-order valence-corrected chi connectivity index (χ4v) is 1.96. The third kappa shape index (κ3) is 2.40. The molecule has 0 aliphatic rings. The van der Waals surface area contributed by atoms with Crippen molar-refractivity contribution in [3.63, 3.8) is 0 Å². The molecule has 6 heteroatoms. The highest BCUT2D eigenvalue weighted by molar-refractivity contribution is 14.1. The normalized spacial score (nSPS) is 12.3. The largest absolute Gasteiger partial charge is 0.480 e. The molecule has 0 unspecified atom stereocenters. The van der Waals surface area contributed by atoms with Crippen LogP contribution in [-0.2, 0) is 5.54 Å². The highest BCUT2D eigenvalue weighted by Gasteiger charge is 2.28. The molecule has 0 radical (unpaired) electrons. The van der Waals surface area contributed by atoms with Gasteiger partial charge in [0.1, 0.15) is 9.26 Å². The van der Waals surface area contributed by atoms with E-state index in [2.05, 4.69) is 5.10 Å². The highest BCUT2D eigenvalue weighted by atomic mass is 127. The first kappa shape index (κ1) is 12.7. The first-order chi connectivity index (χ1) is 6.79. The van der Waals surface area contributed by atoms with E-state index in [9.17, 15) is 8.78 Å². The van der Waals surface area contributed by atoms with Crippen LogP contribution < -0.4 is 4.74 Å². The second kappa shape index (κ2) is 4.23. The summed E-state index contributed by atoms with van der Waals surface area (Å²) >= 11 is 1.83. The molecule has 86 valence electrons. The summed E-state index contributed by atoms with van der Waals surface area (Å²) in [6, 6.07) is 0. The van der Waals surface area contributed by atoms with E-state index in [4.69, 9.17) is 4.74 Å². The lowest BCUT2D eigenvalue weighted by Gasteiger charge is -2.21. The molecule has 15 heavy (non-hydrogen) atoms. The minimum atomic E-state index is -2.57. The summed E-state index contributed by atoms with van der Waals surface area (Å²) in [5.41, 5.74) is -0.597. The van der Waals surface area contributed by atoms with Gasteiger partial charge >= 0.3 is 0 Å². The summed E-state index contributed by atoms with van der Waals surface area (Å²) in [4.78, 5) is 0. The molecule has 0 N–H and O–H groups in total. The number of aromatic nitrogens is 2. The molecule has 0 aliphatic carbocycles. The standard InChI is InChI=1S/C9H13F2IN2O/c1-9(2,3)14-8(15-4)5(12)6(13-14)7(10)11/h7H,1-4H3. The zero-order chi connectivity index (χ0) is 11.8. The lowest BCUT2D eigenvalue weighted by atomic mass is 10.1. The molecule has 1 heterocycles. The second-order valence-electron chi connectivity index (χ2n) is 4.09. The molecule has 1 rings (SSSR count). The zero-order valence-corrected chi connectivity index (χ0v) is 11.2. The molecule has 1 aromatic heterocycles. The molecule has 0 spiro atoms. The summed E-state index contributed by atoms with van der Waals surface area (Å²) in [6.07, 6.45) is -2.57. The van der Waals surface area contributed by atoms with E-state index in [1.165, 1.54) is 11.8 Å². The molecule has 0 bridgehead atoms. The Kier molecular flexibility index (Phi) is 3.57. The van der Waals surface area contributed by atoms with E-state index in [1.807, 2.05) is 43.4 Å². The van der Waals surface area contributed by atoms with Crippen molar-refractivity contribution in [3.8, 4) is 5.88 Å². The van der Waals surface area contributed by atoms with Crippen LogP contribution in [0.2, 0.25) is 0 Å². The third-order valence-corrected chi connectivity index (χ3v) is 2.86. The monoisotopic (exact) mass is 330 g/mol. The first-order valence-electron chi connectivity index (χ1n) is 4.40. The maximum Gasteiger partial charge on any atom is 0.283 e. The van der Waals surface area contributed by atoms with Crippen molar-refractivity contribution >= 4 is 22.6 Å². The van der Waals surface area contributed by atoms with Crippen molar-refractivity contribution in [2.24, 2.45) is 0 Å². The maximum absolute atomic E-state index is 12.6. The first-order valence-corrected chi connectivity index (χ1v) is 5.48. The predicted molar refractivity (Wildman–Crippen MR) is 61.4 cm³/mol. The van der Waals surface area contributed by atoms with Gasteiger partial charge in [0.05, 0.1) is 12.6 Å². The van der Waals surface area contributed by atoms with Crippen LogP contribution in [0.4, 0.5) is 8.78 Å². The molecule has 0 aromatic carbocycles. The van der Waals surface area contributed by atoms with E-state index < -0.39 is 6.43 Å². The Bertz CT molecular complexity index is 358. The molecule has 0 saturated carbocycles. The van der Waals surface area contributed by atoms with Crippen molar-refractivity contribution in [3.05, 3.63) is 9.26 Å². The van der Waals surface area contributed by atoms with E-state index in [1.54, 1.807) is 0 Å². The molecule has 0 aliphatic heterocycles. The number of ether oxygens (including phenoxy) is 1. The Morgan fingerprint density at radius 1 is 1.40 bits per heavy atom. The number of hydrogen-bond acceptors (Lipinski definition) is 2. The van der Waals surface area contributed by atoms with Crippen LogP contribution in [0.1, 0.15) is 32.9 Å².